The molecule has 0 aliphatic heterocycles. The van der Waals surface area contributed by atoms with Crippen molar-refractivity contribution in [1.29, 1.82) is 0 Å². The minimum absolute atomic E-state index is 0.285. The van der Waals surface area contributed by atoms with E-state index in [4.69, 9.17) is 17.2 Å². The highest BCUT2D eigenvalue weighted by Crippen LogP contribution is 2.35. The van der Waals surface area contributed by atoms with Crippen molar-refractivity contribution in [3.63, 3.8) is 0 Å². The molecule has 2 aromatic carbocycles. The molecule has 0 spiro atoms. The molecule has 0 saturated heterocycles. The zero-order chi connectivity index (χ0) is 14.9. The number of allylic oxidation sites excluding steroid dienone is 2. The third-order valence-corrected chi connectivity index (χ3v) is 3.95. The van der Waals surface area contributed by atoms with Gasteiger partial charge in [-0.2, -0.15) is 0 Å². The van der Waals surface area contributed by atoms with E-state index < -0.39 is 5.54 Å². The molecule has 3 nitrogen and oxygen atoms in total. The summed E-state index contributed by atoms with van der Waals surface area (Å²) in [6.07, 6.45) is 7.71. The molecule has 0 aromatic heterocycles. The number of benzene rings is 2. The predicted molar refractivity (Wildman–Crippen MR) is 88.4 cm³/mol. The average Bonchev–Trinajstić information content (AvgIpc) is 2.51. The van der Waals surface area contributed by atoms with Gasteiger partial charge in [-0.25, -0.2) is 0 Å². The van der Waals surface area contributed by atoms with Crippen LogP contribution >= 0.6 is 0 Å². The Labute approximate surface area is 124 Å². The number of rotatable bonds is 2. The van der Waals surface area contributed by atoms with Gasteiger partial charge in [-0.3, -0.25) is 0 Å². The summed E-state index contributed by atoms with van der Waals surface area (Å²) in [5.74, 6) is 0. The van der Waals surface area contributed by atoms with Crippen LogP contribution in [-0.2, 0) is 5.54 Å². The van der Waals surface area contributed by atoms with Crippen molar-refractivity contribution in [2.75, 3.05) is 5.73 Å². The second kappa shape index (κ2) is 5.20. The Morgan fingerprint density at radius 1 is 0.952 bits per heavy atom. The molecule has 1 aliphatic rings. The topological polar surface area (TPSA) is 78.1 Å². The van der Waals surface area contributed by atoms with Crippen LogP contribution in [0.15, 0.2) is 72.8 Å². The lowest BCUT2D eigenvalue weighted by molar-refractivity contribution is 0.494. The average molecular weight is 277 g/mol. The zero-order valence-electron chi connectivity index (χ0n) is 11.7. The van der Waals surface area contributed by atoms with Crippen LogP contribution in [-0.4, -0.2) is 6.04 Å². The molecule has 6 N–H and O–H groups in total. The Morgan fingerprint density at radius 2 is 1.71 bits per heavy atom. The first-order valence-electron chi connectivity index (χ1n) is 6.97. The summed E-state index contributed by atoms with van der Waals surface area (Å²) in [7, 11) is 0. The summed E-state index contributed by atoms with van der Waals surface area (Å²) in [5.41, 5.74) is 21.9. The summed E-state index contributed by atoms with van der Waals surface area (Å²) < 4.78 is 0. The van der Waals surface area contributed by atoms with E-state index in [0.29, 0.717) is 5.69 Å². The monoisotopic (exact) mass is 277 g/mol. The van der Waals surface area contributed by atoms with Gasteiger partial charge in [0.2, 0.25) is 0 Å². The lowest BCUT2D eigenvalue weighted by Gasteiger charge is -2.35. The number of hydrogen-bond donors (Lipinski definition) is 3. The highest BCUT2D eigenvalue weighted by Gasteiger charge is 2.34. The van der Waals surface area contributed by atoms with Crippen molar-refractivity contribution in [1.82, 2.24) is 0 Å². The maximum absolute atomic E-state index is 6.61. The maximum Gasteiger partial charge on any atom is 0.0795 e. The SMILES string of the molecule is Nc1ccc(-c2ccccc2)c(C2(N)C=CC=CC2N)c1. The van der Waals surface area contributed by atoms with E-state index in [-0.39, 0.29) is 6.04 Å². The van der Waals surface area contributed by atoms with Gasteiger partial charge in [0.25, 0.3) is 0 Å². The highest BCUT2D eigenvalue weighted by molar-refractivity contribution is 5.72. The third-order valence-electron chi connectivity index (χ3n) is 3.95. The Morgan fingerprint density at radius 3 is 2.43 bits per heavy atom. The van der Waals surface area contributed by atoms with Crippen LogP contribution in [0.3, 0.4) is 0 Å². The molecule has 106 valence electrons. The molecule has 2 aromatic rings. The molecule has 0 heterocycles. The summed E-state index contributed by atoms with van der Waals surface area (Å²) >= 11 is 0. The molecular formula is C18H19N3. The molecule has 0 radical (unpaired) electrons. The molecule has 3 rings (SSSR count). The summed E-state index contributed by atoms with van der Waals surface area (Å²) in [4.78, 5) is 0. The molecule has 3 heteroatoms. The summed E-state index contributed by atoms with van der Waals surface area (Å²) in [6.45, 7) is 0. The van der Waals surface area contributed by atoms with Crippen molar-refractivity contribution in [3.05, 3.63) is 78.4 Å². The van der Waals surface area contributed by atoms with E-state index in [1.165, 1.54) is 0 Å². The van der Waals surface area contributed by atoms with Gasteiger partial charge in [-0.05, 0) is 28.8 Å². The van der Waals surface area contributed by atoms with Crippen molar-refractivity contribution in [2.24, 2.45) is 11.5 Å². The lowest BCUT2D eigenvalue weighted by Crippen LogP contribution is -2.51. The van der Waals surface area contributed by atoms with Gasteiger partial charge >= 0.3 is 0 Å². The standard InChI is InChI=1S/C18H19N3/c19-14-9-10-15(13-6-2-1-3-7-13)16(12-14)18(21)11-5-4-8-17(18)20/h1-12,17H,19-21H2. The van der Waals surface area contributed by atoms with E-state index in [1.54, 1.807) is 0 Å². The van der Waals surface area contributed by atoms with E-state index in [0.717, 1.165) is 16.7 Å². The fourth-order valence-electron chi connectivity index (χ4n) is 2.73. The van der Waals surface area contributed by atoms with Crippen molar-refractivity contribution < 1.29 is 0 Å². The Bertz CT molecular complexity index is 704. The Hall–Kier alpha value is -2.36. The molecule has 2 atom stereocenters. The van der Waals surface area contributed by atoms with E-state index in [1.807, 2.05) is 60.7 Å². The van der Waals surface area contributed by atoms with Crippen LogP contribution in [0.25, 0.3) is 11.1 Å². The second-order valence-electron chi connectivity index (χ2n) is 5.37. The van der Waals surface area contributed by atoms with Crippen LogP contribution in [0.4, 0.5) is 5.69 Å². The fraction of sp³-hybridized carbons (Fsp3) is 0.111. The van der Waals surface area contributed by atoms with Gasteiger partial charge in [-0.15, -0.1) is 0 Å². The number of nitrogen functional groups attached to an aromatic ring is 1. The third kappa shape index (κ3) is 2.37. The van der Waals surface area contributed by atoms with Crippen LogP contribution < -0.4 is 17.2 Å². The lowest BCUT2D eigenvalue weighted by atomic mass is 9.77. The normalized spacial score (nSPS) is 24.2. The second-order valence-corrected chi connectivity index (χ2v) is 5.37. The van der Waals surface area contributed by atoms with Crippen LogP contribution in [0.5, 0.6) is 0 Å². The van der Waals surface area contributed by atoms with Crippen molar-refractivity contribution in [3.8, 4) is 11.1 Å². The summed E-state index contributed by atoms with van der Waals surface area (Å²) in [6, 6.07) is 15.7. The number of anilines is 1. The van der Waals surface area contributed by atoms with Gasteiger partial charge in [0, 0.05) is 11.7 Å². The van der Waals surface area contributed by atoms with E-state index in [9.17, 15) is 0 Å². The van der Waals surface area contributed by atoms with Gasteiger partial charge in [-0.1, -0.05) is 60.7 Å². The fourth-order valence-corrected chi connectivity index (χ4v) is 2.73. The quantitative estimate of drug-likeness (QED) is 0.738. The van der Waals surface area contributed by atoms with Crippen LogP contribution in [0.2, 0.25) is 0 Å². The van der Waals surface area contributed by atoms with Crippen molar-refractivity contribution >= 4 is 5.69 Å². The predicted octanol–water partition coefficient (Wildman–Crippen LogP) is 2.54. The smallest absolute Gasteiger partial charge is 0.0795 e. The molecule has 0 bridgehead atoms. The van der Waals surface area contributed by atoms with Gasteiger partial charge in [0.15, 0.2) is 0 Å². The highest BCUT2D eigenvalue weighted by atomic mass is 14.9. The van der Waals surface area contributed by atoms with Crippen LogP contribution in [0, 0.1) is 0 Å². The molecular weight excluding hydrogens is 258 g/mol. The van der Waals surface area contributed by atoms with Gasteiger partial charge in [0.05, 0.1) is 5.54 Å². The Balaban J connectivity index is 2.21. The van der Waals surface area contributed by atoms with Gasteiger partial charge in [0.1, 0.15) is 0 Å². The first-order valence-corrected chi connectivity index (χ1v) is 6.97. The largest absolute Gasteiger partial charge is 0.399 e. The molecule has 2 unspecified atom stereocenters. The molecule has 0 fully saturated rings. The zero-order valence-corrected chi connectivity index (χ0v) is 11.7. The van der Waals surface area contributed by atoms with E-state index >= 15 is 0 Å². The molecule has 0 amide bonds. The van der Waals surface area contributed by atoms with Gasteiger partial charge < -0.3 is 17.2 Å². The number of hydrogen-bond acceptors (Lipinski definition) is 3. The first-order chi connectivity index (χ1) is 10.1. The van der Waals surface area contributed by atoms with Crippen LogP contribution in [0.1, 0.15) is 5.56 Å². The van der Waals surface area contributed by atoms with E-state index in [2.05, 4.69) is 12.1 Å². The van der Waals surface area contributed by atoms with Crippen molar-refractivity contribution in [2.45, 2.75) is 11.6 Å². The first kappa shape index (κ1) is 13.6. The minimum atomic E-state index is -0.755. The maximum atomic E-state index is 6.61. The summed E-state index contributed by atoms with van der Waals surface area (Å²) in [5, 5.41) is 0. The molecule has 1 aliphatic carbocycles. The number of nitrogens with two attached hydrogens (primary N) is 3. The molecule has 21 heavy (non-hydrogen) atoms. The Kier molecular flexibility index (Phi) is 3.37. The molecule has 0 saturated carbocycles. The minimum Gasteiger partial charge on any atom is -0.399 e.